The second-order valence-electron chi connectivity index (χ2n) is 8.36. The molecule has 2 aromatic rings. The summed E-state index contributed by atoms with van der Waals surface area (Å²) in [5.74, 6) is 0.162. The first-order valence-electron chi connectivity index (χ1n) is 10.8. The summed E-state index contributed by atoms with van der Waals surface area (Å²) in [6.45, 7) is 4.70. The Bertz CT molecular complexity index is 861. The number of benzene rings is 1. The summed E-state index contributed by atoms with van der Waals surface area (Å²) in [5, 5.41) is 4.21. The molecule has 0 spiro atoms. The van der Waals surface area contributed by atoms with E-state index in [4.69, 9.17) is 23.2 Å². The predicted molar refractivity (Wildman–Crippen MR) is 121 cm³/mol. The number of halogens is 4. The highest BCUT2D eigenvalue weighted by Crippen LogP contribution is 2.33. The normalized spacial score (nSPS) is 24.9. The molecule has 1 N–H and O–H groups in total. The Morgan fingerprint density at radius 2 is 1.81 bits per heavy atom. The Morgan fingerprint density at radius 1 is 1.06 bits per heavy atom. The van der Waals surface area contributed by atoms with Crippen LogP contribution in [-0.2, 0) is 0 Å². The van der Waals surface area contributed by atoms with Gasteiger partial charge in [0, 0.05) is 26.2 Å². The molecule has 168 valence electrons. The molecule has 0 radical (unpaired) electrons. The van der Waals surface area contributed by atoms with Crippen LogP contribution in [0.15, 0.2) is 30.6 Å². The Balaban J connectivity index is 1.19. The van der Waals surface area contributed by atoms with E-state index in [0.29, 0.717) is 22.4 Å². The van der Waals surface area contributed by atoms with Crippen molar-refractivity contribution in [1.29, 1.82) is 0 Å². The summed E-state index contributed by atoms with van der Waals surface area (Å²) < 4.78 is 27.6. The molecule has 1 saturated heterocycles. The predicted octanol–water partition coefficient (Wildman–Crippen LogP) is 5.05. The van der Waals surface area contributed by atoms with Crippen LogP contribution >= 0.6 is 23.2 Å². The van der Waals surface area contributed by atoms with E-state index in [0.717, 1.165) is 70.1 Å². The third-order valence-corrected chi connectivity index (χ3v) is 7.12. The maximum absolute atomic E-state index is 14.7. The fourth-order valence-electron chi connectivity index (χ4n) is 4.49. The number of piperazine rings is 1. The van der Waals surface area contributed by atoms with Gasteiger partial charge in [0.2, 0.25) is 5.95 Å². The van der Waals surface area contributed by atoms with Crippen molar-refractivity contribution in [2.75, 3.05) is 42.9 Å². The van der Waals surface area contributed by atoms with Crippen molar-refractivity contribution >= 4 is 34.8 Å². The summed E-state index contributed by atoms with van der Waals surface area (Å²) in [4.78, 5) is 12.5. The number of nitrogens with one attached hydrogen (secondary N) is 1. The van der Waals surface area contributed by atoms with Crippen molar-refractivity contribution in [3.63, 3.8) is 0 Å². The zero-order valence-corrected chi connectivity index (χ0v) is 18.8. The van der Waals surface area contributed by atoms with Crippen molar-refractivity contribution in [1.82, 2.24) is 14.9 Å². The van der Waals surface area contributed by atoms with Gasteiger partial charge in [-0.25, -0.2) is 18.7 Å². The zero-order chi connectivity index (χ0) is 21.8. The van der Waals surface area contributed by atoms with Gasteiger partial charge in [0.25, 0.3) is 0 Å². The van der Waals surface area contributed by atoms with Gasteiger partial charge in [-0.3, -0.25) is 4.90 Å². The second kappa shape index (κ2) is 10.3. The Labute approximate surface area is 191 Å². The van der Waals surface area contributed by atoms with Gasteiger partial charge in [-0.1, -0.05) is 29.3 Å². The third-order valence-electron chi connectivity index (χ3n) is 6.31. The molecule has 1 aromatic carbocycles. The first-order valence-corrected chi connectivity index (χ1v) is 11.5. The summed E-state index contributed by atoms with van der Waals surface area (Å²) >= 11 is 12.5. The molecule has 5 nitrogen and oxygen atoms in total. The number of rotatable bonds is 6. The highest BCUT2D eigenvalue weighted by atomic mass is 35.5. The van der Waals surface area contributed by atoms with Gasteiger partial charge in [-0.05, 0) is 50.3 Å². The molecule has 1 aliphatic carbocycles. The lowest BCUT2D eigenvalue weighted by atomic mass is 9.82. The number of aromatic nitrogens is 2. The number of nitrogens with zero attached hydrogens (tertiary/aromatic N) is 4. The fraction of sp³-hybridized carbons (Fsp3) is 0.545. The molecule has 1 saturated carbocycles. The van der Waals surface area contributed by atoms with Gasteiger partial charge < -0.3 is 10.2 Å². The minimum absolute atomic E-state index is 0.283. The van der Waals surface area contributed by atoms with Crippen LogP contribution < -0.4 is 10.2 Å². The Hall–Kier alpha value is -1.70. The van der Waals surface area contributed by atoms with E-state index < -0.39 is 12.0 Å². The maximum atomic E-state index is 14.7. The van der Waals surface area contributed by atoms with Crippen LogP contribution in [0.3, 0.4) is 0 Å². The smallest absolute Gasteiger partial charge is 0.223 e. The van der Waals surface area contributed by atoms with Crippen molar-refractivity contribution in [3.8, 4) is 0 Å². The number of alkyl halides is 1. The fourth-order valence-corrected chi connectivity index (χ4v) is 4.90. The summed E-state index contributed by atoms with van der Waals surface area (Å²) in [6, 6.07) is 5.43. The van der Waals surface area contributed by atoms with Crippen LogP contribution in [0.25, 0.3) is 0 Å². The van der Waals surface area contributed by atoms with Gasteiger partial charge in [0.1, 0.15) is 6.17 Å². The van der Waals surface area contributed by atoms with Gasteiger partial charge >= 0.3 is 0 Å². The minimum Gasteiger partial charge on any atom is -0.368 e. The van der Waals surface area contributed by atoms with E-state index in [1.807, 2.05) is 12.1 Å². The SMILES string of the molecule is Fc1cnc(NC2CCC(CCN3CCN(c4cccc(Cl)c4Cl)CC3)CC2F)nc1. The molecule has 31 heavy (non-hydrogen) atoms. The maximum Gasteiger partial charge on any atom is 0.223 e. The molecule has 2 aliphatic rings. The van der Waals surface area contributed by atoms with E-state index in [-0.39, 0.29) is 12.0 Å². The second-order valence-corrected chi connectivity index (χ2v) is 9.15. The van der Waals surface area contributed by atoms with Crippen LogP contribution in [-0.4, -0.2) is 59.8 Å². The Kier molecular flexibility index (Phi) is 7.46. The lowest BCUT2D eigenvalue weighted by Crippen LogP contribution is -2.47. The van der Waals surface area contributed by atoms with Gasteiger partial charge in [-0.15, -0.1) is 0 Å². The number of hydrogen-bond donors (Lipinski definition) is 1. The molecule has 3 unspecified atom stereocenters. The Morgan fingerprint density at radius 3 is 2.52 bits per heavy atom. The monoisotopic (exact) mass is 469 g/mol. The molecule has 0 bridgehead atoms. The van der Waals surface area contributed by atoms with Crippen molar-refractivity contribution in [3.05, 3.63) is 46.5 Å². The summed E-state index contributed by atoms with van der Waals surface area (Å²) in [6.07, 6.45) is 4.47. The lowest BCUT2D eigenvalue weighted by molar-refractivity contribution is 0.157. The highest BCUT2D eigenvalue weighted by molar-refractivity contribution is 6.43. The van der Waals surface area contributed by atoms with Gasteiger partial charge in [0.15, 0.2) is 5.82 Å². The molecule has 2 fully saturated rings. The van der Waals surface area contributed by atoms with E-state index in [1.165, 1.54) is 0 Å². The lowest BCUT2D eigenvalue weighted by Gasteiger charge is -2.38. The molecule has 1 aliphatic heterocycles. The highest BCUT2D eigenvalue weighted by Gasteiger charge is 2.31. The zero-order valence-electron chi connectivity index (χ0n) is 17.3. The average Bonchev–Trinajstić information content (AvgIpc) is 2.78. The molecule has 3 atom stereocenters. The van der Waals surface area contributed by atoms with Gasteiger partial charge in [-0.2, -0.15) is 0 Å². The van der Waals surface area contributed by atoms with Crippen LogP contribution in [0.1, 0.15) is 25.7 Å². The van der Waals surface area contributed by atoms with Crippen LogP contribution in [0, 0.1) is 11.7 Å². The van der Waals surface area contributed by atoms with Crippen molar-refractivity contribution < 1.29 is 8.78 Å². The van der Waals surface area contributed by atoms with Crippen molar-refractivity contribution in [2.24, 2.45) is 5.92 Å². The molecule has 0 amide bonds. The van der Waals surface area contributed by atoms with Crippen LogP contribution in [0.2, 0.25) is 10.0 Å². The largest absolute Gasteiger partial charge is 0.368 e. The third kappa shape index (κ3) is 5.76. The van der Waals surface area contributed by atoms with Gasteiger partial charge in [0.05, 0.1) is 34.2 Å². The summed E-state index contributed by atoms with van der Waals surface area (Å²) in [7, 11) is 0. The van der Waals surface area contributed by atoms with E-state index in [2.05, 4.69) is 25.1 Å². The minimum atomic E-state index is -0.950. The summed E-state index contributed by atoms with van der Waals surface area (Å²) in [5.41, 5.74) is 0.991. The molecule has 9 heteroatoms. The molecule has 1 aromatic heterocycles. The van der Waals surface area contributed by atoms with Crippen LogP contribution in [0.4, 0.5) is 20.4 Å². The number of hydrogen-bond acceptors (Lipinski definition) is 5. The molecule has 2 heterocycles. The standard InChI is InChI=1S/C22H27Cl2F2N5/c23-17-2-1-3-20(21(17)24)31-10-8-30(9-11-31)7-6-15-4-5-19(18(26)12-15)29-22-27-13-16(25)14-28-22/h1-3,13-15,18-19H,4-12H2,(H,27,28,29). The quantitative estimate of drug-likeness (QED) is 0.640. The number of anilines is 2. The average molecular weight is 470 g/mol. The van der Waals surface area contributed by atoms with E-state index in [9.17, 15) is 8.78 Å². The molecule has 4 rings (SSSR count). The first-order chi connectivity index (χ1) is 15.0. The topological polar surface area (TPSA) is 44.3 Å². The van der Waals surface area contributed by atoms with Crippen molar-refractivity contribution in [2.45, 2.75) is 37.9 Å². The van der Waals surface area contributed by atoms with E-state index >= 15 is 0 Å². The van der Waals surface area contributed by atoms with E-state index in [1.54, 1.807) is 6.07 Å². The molecular formula is C22H27Cl2F2N5. The first kappa shape index (κ1) is 22.5. The molecular weight excluding hydrogens is 443 g/mol. The van der Waals surface area contributed by atoms with Crippen LogP contribution in [0.5, 0.6) is 0 Å².